The van der Waals surface area contributed by atoms with Crippen LogP contribution in [0.25, 0.3) is 0 Å². The summed E-state index contributed by atoms with van der Waals surface area (Å²) in [5, 5.41) is 0. The van der Waals surface area contributed by atoms with Gasteiger partial charge in [0.25, 0.3) is 11.8 Å². The van der Waals surface area contributed by atoms with Crippen molar-refractivity contribution >= 4 is 24.3 Å². The van der Waals surface area contributed by atoms with Crippen LogP contribution in [0.2, 0.25) is 0 Å². The highest BCUT2D eigenvalue weighted by Gasteiger charge is 2.35. The van der Waals surface area contributed by atoms with Crippen LogP contribution in [0.15, 0.2) is 48.5 Å². The Hall–Kier alpha value is -2.57. The Bertz CT molecular complexity index is 738. The summed E-state index contributed by atoms with van der Waals surface area (Å²) in [6.45, 7) is -5.29. The zero-order valence-electron chi connectivity index (χ0n) is 11.3. The van der Waals surface area contributed by atoms with Crippen molar-refractivity contribution in [3.63, 3.8) is 0 Å². The van der Waals surface area contributed by atoms with Crippen molar-refractivity contribution in [3.05, 3.63) is 65.2 Å². The second-order valence-corrected chi connectivity index (χ2v) is 5.06. The molecule has 0 saturated carbocycles. The van der Waals surface area contributed by atoms with Gasteiger partial charge in [-0.25, -0.2) is 0 Å². The summed E-state index contributed by atoms with van der Waals surface area (Å²) in [4.78, 5) is 25.3. The third-order valence-electron chi connectivity index (χ3n) is 3.55. The summed E-state index contributed by atoms with van der Waals surface area (Å²) in [5.41, 5.74) is 0.0905. The Morgan fingerprint density at radius 1 is 0.864 bits per heavy atom. The molecular weight excluding hydrogens is 294 g/mol. The van der Waals surface area contributed by atoms with Gasteiger partial charge < -0.3 is 12.9 Å². The van der Waals surface area contributed by atoms with Gasteiger partial charge in [0.15, 0.2) is 0 Å². The molecular formula is C15H10BF3NO2-. The molecule has 0 unspecified atom stereocenters. The molecule has 0 aromatic heterocycles. The Morgan fingerprint density at radius 3 is 2.00 bits per heavy atom. The number of carbonyl (C=O) groups excluding carboxylic acids is 2. The van der Waals surface area contributed by atoms with Crippen molar-refractivity contribution in [3.8, 4) is 0 Å². The van der Waals surface area contributed by atoms with E-state index in [0.29, 0.717) is 0 Å². The Labute approximate surface area is 124 Å². The zero-order valence-corrected chi connectivity index (χ0v) is 11.3. The van der Waals surface area contributed by atoms with Crippen molar-refractivity contribution < 1.29 is 22.5 Å². The van der Waals surface area contributed by atoms with Gasteiger partial charge in [-0.3, -0.25) is 14.5 Å². The first-order valence-corrected chi connectivity index (χ1v) is 6.62. The summed E-state index contributed by atoms with van der Waals surface area (Å²) in [7, 11) is 0. The van der Waals surface area contributed by atoms with Crippen molar-refractivity contribution in [2.24, 2.45) is 0 Å². The minimum atomic E-state index is -5.11. The third-order valence-corrected chi connectivity index (χ3v) is 3.55. The van der Waals surface area contributed by atoms with Crippen molar-refractivity contribution in [1.29, 1.82) is 0 Å². The van der Waals surface area contributed by atoms with E-state index in [1.54, 1.807) is 12.1 Å². The molecule has 7 heteroatoms. The minimum absolute atomic E-state index is 0.174. The van der Waals surface area contributed by atoms with Crippen LogP contribution in [0.3, 0.4) is 0 Å². The van der Waals surface area contributed by atoms with Gasteiger partial charge in [-0.1, -0.05) is 36.4 Å². The van der Waals surface area contributed by atoms with Crippen LogP contribution < -0.4 is 5.46 Å². The topological polar surface area (TPSA) is 37.4 Å². The molecule has 0 bridgehead atoms. The molecule has 0 fully saturated rings. The molecule has 1 aliphatic heterocycles. The van der Waals surface area contributed by atoms with Gasteiger partial charge in [0.05, 0.1) is 17.7 Å². The van der Waals surface area contributed by atoms with Crippen LogP contribution in [-0.4, -0.2) is 23.7 Å². The second-order valence-electron chi connectivity index (χ2n) is 5.06. The molecule has 1 heterocycles. The van der Waals surface area contributed by atoms with Gasteiger partial charge in [0.1, 0.15) is 0 Å². The highest BCUT2D eigenvalue weighted by molar-refractivity contribution is 6.73. The van der Waals surface area contributed by atoms with Gasteiger partial charge in [0.2, 0.25) is 0 Å². The fourth-order valence-corrected chi connectivity index (χ4v) is 2.46. The fraction of sp³-hybridized carbons (Fsp3) is 0.0667. The minimum Gasteiger partial charge on any atom is -0.445 e. The number of imide groups is 1. The van der Waals surface area contributed by atoms with E-state index in [9.17, 15) is 22.5 Å². The molecule has 1 aliphatic rings. The summed E-state index contributed by atoms with van der Waals surface area (Å²) < 4.78 is 38.3. The smallest absolute Gasteiger partial charge is 0.445 e. The molecule has 0 aliphatic carbocycles. The molecule has 2 aromatic carbocycles. The SMILES string of the molecule is O=C1c2ccccc2C(=O)N1Cc1cccc([B-](F)(F)F)c1. The maximum absolute atomic E-state index is 12.8. The monoisotopic (exact) mass is 304 g/mol. The van der Waals surface area contributed by atoms with E-state index in [2.05, 4.69) is 0 Å². The van der Waals surface area contributed by atoms with E-state index >= 15 is 0 Å². The lowest BCUT2D eigenvalue weighted by Gasteiger charge is -2.18. The number of benzene rings is 2. The fourth-order valence-electron chi connectivity index (χ4n) is 2.46. The van der Waals surface area contributed by atoms with Crippen LogP contribution in [0.1, 0.15) is 26.3 Å². The largest absolute Gasteiger partial charge is 0.509 e. The average Bonchev–Trinajstić information content (AvgIpc) is 2.72. The quantitative estimate of drug-likeness (QED) is 0.645. The summed E-state index contributed by atoms with van der Waals surface area (Å²) >= 11 is 0. The lowest BCUT2D eigenvalue weighted by molar-refractivity contribution is 0.0642. The van der Waals surface area contributed by atoms with Gasteiger partial charge in [-0.05, 0) is 17.7 Å². The lowest BCUT2D eigenvalue weighted by atomic mass is 9.79. The van der Waals surface area contributed by atoms with Gasteiger partial charge in [-0.15, -0.1) is 5.46 Å². The number of fused-ring (bicyclic) bond motifs is 1. The van der Waals surface area contributed by atoms with Gasteiger partial charge in [-0.2, -0.15) is 0 Å². The van der Waals surface area contributed by atoms with Crippen molar-refractivity contribution in [2.75, 3.05) is 0 Å². The van der Waals surface area contributed by atoms with Crippen LogP contribution in [0.5, 0.6) is 0 Å². The van der Waals surface area contributed by atoms with Crippen molar-refractivity contribution in [2.45, 2.75) is 6.54 Å². The third kappa shape index (κ3) is 2.39. The standard InChI is InChI=1S/C15H10BF3NO2/c17-16(18,19)11-5-3-4-10(8-11)9-20-14(21)12-6-1-2-7-13(12)15(20)22/h1-8H,9H2/q-1. The predicted octanol–water partition coefficient (Wildman–Crippen LogP) is 2.54. The molecule has 2 aromatic rings. The number of carbonyl (C=O) groups is 2. The zero-order chi connectivity index (χ0) is 15.9. The molecule has 112 valence electrons. The van der Waals surface area contributed by atoms with Crippen LogP contribution in [-0.2, 0) is 6.54 Å². The Morgan fingerprint density at radius 2 is 1.45 bits per heavy atom. The number of nitrogens with zero attached hydrogens (tertiary/aromatic N) is 1. The second kappa shape index (κ2) is 5.01. The van der Waals surface area contributed by atoms with E-state index in [-0.39, 0.29) is 23.2 Å². The van der Waals surface area contributed by atoms with E-state index in [1.807, 2.05) is 0 Å². The molecule has 0 N–H and O–H groups in total. The molecule has 0 atom stereocenters. The molecule has 2 amide bonds. The number of hydrogen-bond acceptors (Lipinski definition) is 2. The predicted molar refractivity (Wildman–Crippen MR) is 75.8 cm³/mol. The maximum atomic E-state index is 12.8. The average molecular weight is 304 g/mol. The summed E-state index contributed by atoms with van der Waals surface area (Å²) in [6, 6.07) is 11.0. The van der Waals surface area contributed by atoms with E-state index in [4.69, 9.17) is 0 Å². The van der Waals surface area contributed by atoms with Crippen molar-refractivity contribution in [1.82, 2.24) is 4.90 Å². The van der Waals surface area contributed by atoms with Gasteiger partial charge in [0, 0.05) is 0 Å². The van der Waals surface area contributed by atoms with Crippen LogP contribution in [0.4, 0.5) is 12.9 Å². The Kier molecular flexibility index (Phi) is 3.28. The lowest BCUT2D eigenvalue weighted by Crippen LogP contribution is -2.35. The first kappa shape index (κ1) is 14.4. The molecule has 3 nitrogen and oxygen atoms in total. The first-order chi connectivity index (χ1) is 10.4. The molecule has 0 saturated heterocycles. The molecule has 22 heavy (non-hydrogen) atoms. The van der Waals surface area contributed by atoms with E-state index in [0.717, 1.165) is 17.0 Å². The number of rotatable bonds is 3. The number of halogens is 3. The van der Waals surface area contributed by atoms with E-state index in [1.165, 1.54) is 24.3 Å². The maximum Gasteiger partial charge on any atom is 0.509 e. The Balaban J connectivity index is 1.89. The van der Waals surface area contributed by atoms with E-state index < -0.39 is 24.3 Å². The highest BCUT2D eigenvalue weighted by Crippen LogP contribution is 2.24. The summed E-state index contributed by atoms with van der Waals surface area (Å²) in [5.74, 6) is -0.966. The molecule has 3 rings (SSSR count). The first-order valence-electron chi connectivity index (χ1n) is 6.62. The normalized spacial score (nSPS) is 14.4. The molecule has 0 radical (unpaired) electrons. The number of hydrogen-bond donors (Lipinski definition) is 0. The highest BCUT2D eigenvalue weighted by atomic mass is 19.4. The van der Waals surface area contributed by atoms with Crippen LogP contribution >= 0.6 is 0 Å². The summed E-state index contributed by atoms with van der Waals surface area (Å²) in [6.07, 6.45) is 0. The van der Waals surface area contributed by atoms with Crippen LogP contribution in [0, 0.1) is 0 Å². The van der Waals surface area contributed by atoms with Gasteiger partial charge >= 0.3 is 6.98 Å². The number of amides is 2. The molecule has 0 spiro atoms.